The van der Waals surface area contributed by atoms with Crippen LogP contribution in [0.3, 0.4) is 0 Å². The van der Waals surface area contributed by atoms with Gasteiger partial charge < -0.3 is 9.47 Å². The van der Waals surface area contributed by atoms with Gasteiger partial charge in [-0.2, -0.15) is 0 Å². The number of para-hydroxylation sites is 1. The first kappa shape index (κ1) is 19.3. The van der Waals surface area contributed by atoms with Crippen molar-refractivity contribution >= 4 is 11.8 Å². The second-order valence-corrected chi connectivity index (χ2v) is 5.92. The Bertz CT molecular complexity index is 744. The summed E-state index contributed by atoms with van der Waals surface area (Å²) in [5.41, 5.74) is 6.05. The van der Waals surface area contributed by atoms with E-state index in [9.17, 15) is 9.59 Å². The minimum atomic E-state index is -0.446. The van der Waals surface area contributed by atoms with Crippen LogP contribution >= 0.6 is 0 Å². The molecule has 1 atom stereocenters. The Kier molecular flexibility index (Phi) is 7.02. The summed E-state index contributed by atoms with van der Waals surface area (Å²) in [4.78, 5) is 23.9. The fourth-order valence-corrected chi connectivity index (χ4v) is 2.10. The predicted molar refractivity (Wildman–Crippen MR) is 99.1 cm³/mol. The number of carbonyl (C=O) groups is 2. The van der Waals surface area contributed by atoms with Gasteiger partial charge in [0.1, 0.15) is 11.5 Å². The van der Waals surface area contributed by atoms with Gasteiger partial charge in [-0.05, 0) is 56.2 Å². The van der Waals surface area contributed by atoms with Crippen LogP contribution in [-0.2, 0) is 4.79 Å². The monoisotopic (exact) mass is 356 g/mol. The van der Waals surface area contributed by atoms with E-state index >= 15 is 0 Å². The lowest BCUT2D eigenvalue weighted by molar-refractivity contribution is -0.123. The van der Waals surface area contributed by atoms with Crippen LogP contribution in [0, 0.1) is 6.92 Å². The van der Waals surface area contributed by atoms with Gasteiger partial charge in [0.05, 0.1) is 6.10 Å². The first-order valence-electron chi connectivity index (χ1n) is 8.54. The maximum absolute atomic E-state index is 12.1. The second kappa shape index (κ2) is 9.46. The lowest BCUT2D eigenvalue weighted by Gasteiger charge is -2.13. The van der Waals surface area contributed by atoms with Crippen molar-refractivity contribution in [1.82, 2.24) is 10.9 Å². The van der Waals surface area contributed by atoms with Crippen molar-refractivity contribution < 1.29 is 19.1 Å². The highest BCUT2D eigenvalue weighted by molar-refractivity contribution is 5.95. The average molecular weight is 356 g/mol. The number of benzene rings is 2. The van der Waals surface area contributed by atoms with E-state index < -0.39 is 11.8 Å². The van der Waals surface area contributed by atoms with Crippen molar-refractivity contribution in [2.45, 2.75) is 33.3 Å². The fraction of sp³-hybridized carbons (Fsp3) is 0.300. The first-order chi connectivity index (χ1) is 12.5. The molecule has 0 saturated heterocycles. The van der Waals surface area contributed by atoms with E-state index in [1.165, 1.54) is 0 Å². The van der Waals surface area contributed by atoms with Crippen LogP contribution in [0.25, 0.3) is 0 Å². The Hall–Kier alpha value is -3.02. The van der Waals surface area contributed by atoms with E-state index in [1.807, 2.05) is 39.0 Å². The van der Waals surface area contributed by atoms with Gasteiger partial charge in [0.2, 0.25) is 0 Å². The van der Waals surface area contributed by atoms with Crippen molar-refractivity contribution in [1.29, 1.82) is 0 Å². The number of aryl methyl sites for hydroxylation is 1. The van der Waals surface area contributed by atoms with Crippen LogP contribution in [0.4, 0.5) is 0 Å². The van der Waals surface area contributed by atoms with Crippen molar-refractivity contribution in [2.24, 2.45) is 0 Å². The van der Waals surface area contributed by atoms with Gasteiger partial charge in [-0.25, -0.2) is 0 Å². The first-order valence-corrected chi connectivity index (χ1v) is 8.54. The number of hydrazine groups is 1. The SMILES string of the molecule is CCC(C)Oc1ccc(C(=O)NNC(=O)COc2ccccc2C)cc1. The number of amides is 2. The van der Waals surface area contributed by atoms with Crippen molar-refractivity contribution in [2.75, 3.05) is 6.61 Å². The normalized spacial score (nSPS) is 11.3. The minimum absolute atomic E-state index is 0.113. The number of carbonyl (C=O) groups excluding carboxylic acids is 2. The zero-order chi connectivity index (χ0) is 18.9. The molecule has 0 bridgehead atoms. The molecule has 26 heavy (non-hydrogen) atoms. The number of hydrogen-bond acceptors (Lipinski definition) is 4. The zero-order valence-corrected chi connectivity index (χ0v) is 15.2. The molecule has 6 heteroatoms. The Morgan fingerprint density at radius 2 is 1.73 bits per heavy atom. The van der Waals surface area contributed by atoms with E-state index in [2.05, 4.69) is 10.9 Å². The second-order valence-electron chi connectivity index (χ2n) is 5.92. The third-order valence-electron chi connectivity index (χ3n) is 3.80. The lowest BCUT2D eigenvalue weighted by atomic mass is 10.2. The Labute approximate surface area is 153 Å². The van der Waals surface area contributed by atoms with E-state index in [1.54, 1.807) is 30.3 Å². The van der Waals surface area contributed by atoms with E-state index in [0.717, 1.165) is 12.0 Å². The molecule has 1 unspecified atom stereocenters. The maximum Gasteiger partial charge on any atom is 0.276 e. The molecule has 0 aliphatic heterocycles. The summed E-state index contributed by atoms with van der Waals surface area (Å²) in [6.07, 6.45) is 1.01. The van der Waals surface area contributed by atoms with Crippen LogP contribution in [0.1, 0.15) is 36.2 Å². The van der Waals surface area contributed by atoms with Gasteiger partial charge in [-0.15, -0.1) is 0 Å². The molecular formula is C20H24N2O4. The molecule has 0 aliphatic rings. The molecule has 2 N–H and O–H groups in total. The van der Waals surface area contributed by atoms with Crippen LogP contribution in [0.15, 0.2) is 48.5 Å². The van der Waals surface area contributed by atoms with Crippen molar-refractivity contribution in [3.63, 3.8) is 0 Å². The molecule has 2 rings (SSSR count). The van der Waals surface area contributed by atoms with Crippen LogP contribution in [0.2, 0.25) is 0 Å². The molecule has 2 amide bonds. The molecule has 2 aromatic carbocycles. The summed E-state index contributed by atoms with van der Waals surface area (Å²) >= 11 is 0. The third kappa shape index (κ3) is 5.81. The van der Waals surface area contributed by atoms with Crippen LogP contribution < -0.4 is 20.3 Å². The Morgan fingerprint density at radius 3 is 2.38 bits per heavy atom. The molecule has 2 aromatic rings. The highest BCUT2D eigenvalue weighted by atomic mass is 16.5. The molecule has 0 spiro atoms. The van der Waals surface area contributed by atoms with Gasteiger partial charge in [0.25, 0.3) is 11.8 Å². The molecule has 138 valence electrons. The molecule has 0 saturated carbocycles. The Balaban J connectivity index is 1.78. The number of rotatable bonds is 7. The summed E-state index contributed by atoms with van der Waals surface area (Å²) in [5.74, 6) is 0.472. The van der Waals surface area contributed by atoms with Gasteiger partial charge in [0, 0.05) is 5.56 Å². The zero-order valence-electron chi connectivity index (χ0n) is 15.2. The summed E-state index contributed by atoms with van der Waals surface area (Å²) in [6.45, 7) is 5.73. The van der Waals surface area contributed by atoms with E-state index in [-0.39, 0.29) is 12.7 Å². The van der Waals surface area contributed by atoms with E-state index in [0.29, 0.717) is 17.1 Å². The summed E-state index contributed by atoms with van der Waals surface area (Å²) in [6, 6.07) is 14.1. The molecule has 6 nitrogen and oxygen atoms in total. The Morgan fingerprint density at radius 1 is 1.04 bits per heavy atom. The minimum Gasteiger partial charge on any atom is -0.491 e. The topological polar surface area (TPSA) is 76.7 Å². The van der Waals surface area contributed by atoms with Crippen molar-refractivity contribution in [3.8, 4) is 11.5 Å². The summed E-state index contributed by atoms with van der Waals surface area (Å²) in [5, 5.41) is 0. The van der Waals surface area contributed by atoms with Gasteiger partial charge in [-0.3, -0.25) is 20.4 Å². The van der Waals surface area contributed by atoms with E-state index in [4.69, 9.17) is 9.47 Å². The van der Waals surface area contributed by atoms with Crippen molar-refractivity contribution in [3.05, 3.63) is 59.7 Å². The maximum atomic E-state index is 12.1. The van der Waals surface area contributed by atoms with Gasteiger partial charge >= 0.3 is 0 Å². The highest BCUT2D eigenvalue weighted by Gasteiger charge is 2.09. The quantitative estimate of drug-likeness (QED) is 0.748. The number of ether oxygens (including phenoxy) is 2. The van der Waals surface area contributed by atoms with Gasteiger partial charge in [-0.1, -0.05) is 25.1 Å². The number of nitrogens with one attached hydrogen (secondary N) is 2. The highest BCUT2D eigenvalue weighted by Crippen LogP contribution is 2.16. The molecular weight excluding hydrogens is 332 g/mol. The summed E-state index contributed by atoms with van der Waals surface area (Å²) in [7, 11) is 0. The molecule has 0 aromatic heterocycles. The largest absolute Gasteiger partial charge is 0.491 e. The van der Waals surface area contributed by atoms with Gasteiger partial charge in [0.15, 0.2) is 6.61 Å². The van der Waals surface area contributed by atoms with Crippen LogP contribution in [0.5, 0.6) is 11.5 Å². The molecule has 0 heterocycles. The summed E-state index contributed by atoms with van der Waals surface area (Å²) < 4.78 is 11.1. The molecule has 0 aliphatic carbocycles. The fourth-order valence-electron chi connectivity index (χ4n) is 2.10. The third-order valence-corrected chi connectivity index (χ3v) is 3.80. The lowest BCUT2D eigenvalue weighted by Crippen LogP contribution is -2.43. The smallest absolute Gasteiger partial charge is 0.276 e. The molecule has 0 radical (unpaired) electrons. The average Bonchev–Trinajstić information content (AvgIpc) is 2.66. The predicted octanol–water partition coefficient (Wildman–Crippen LogP) is 3.01. The molecule has 0 fully saturated rings. The standard InChI is InChI=1S/C20H24N2O4/c1-4-15(3)26-17-11-9-16(10-12-17)20(24)22-21-19(23)13-25-18-8-6-5-7-14(18)2/h5-12,15H,4,13H2,1-3H3,(H,21,23)(H,22,24). The van der Waals surface area contributed by atoms with Crippen LogP contribution in [-0.4, -0.2) is 24.5 Å². The number of hydrogen-bond donors (Lipinski definition) is 2.